The second-order valence-corrected chi connectivity index (χ2v) is 11.3. The molecule has 4 amide bonds. The van der Waals surface area contributed by atoms with E-state index in [1.165, 1.54) is 4.90 Å². The SMILES string of the molecule is CCN1C[C@@H]2[C@@H]3C(=O)N(Cc4ccccc4)C(=O)[C@@H]3[C@](C)(C1=O)N2C(=O)c1ccc(C(C)(C)C)cc1. The summed E-state index contributed by atoms with van der Waals surface area (Å²) in [5.41, 5.74) is 0.925. The topological polar surface area (TPSA) is 78.0 Å². The fourth-order valence-corrected chi connectivity index (χ4v) is 6.25. The van der Waals surface area contributed by atoms with Gasteiger partial charge < -0.3 is 9.80 Å². The molecule has 3 fully saturated rings. The third-order valence-corrected chi connectivity index (χ3v) is 8.20. The van der Waals surface area contributed by atoms with E-state index in [2.05, 4.69) is 20.8 Å². The fourth-order valence-electron chi connectivity index (χ4n) is 6.25. The molecule has 7 heteroatoms. The monoisotopic (exact) mass is 487 g/mol. The van der Waals surface area contributed by atoms with Crippen molar-refractivity contribution in [2.45, 2.75) is 58.2 Å². The maximum atomic E-state index is 13.9. The molecule has 36 heavy (non-hydrogen) atoms. The molecule has 7 nitrogen and oxygen atoms in total. The number of imide groups is 1. The molecule has 2 aromatic carbocycles. The first-order valence-corrected chi connectivity index (χ1v) is 12.6. The van der Waals surface area contributed by atoms with Crippen molar-refractivity contribution in [1.82, 2.24) is 14.7 Å². The van der Waals surface area contributed by atoms with Gasteiger partial charge in [-0.05, 0) is 42.5 Å². The summed E-state index contributed by atoms with van der Waals surface area (Å²) in [6, 6.07) is 16.2. The standard InChI is InChI=1S/C29H33N3O4/c1-6-30-17-21-22-23(26(35)31(25(22)34)16-18-10-8-7-9-11-18)29(5,27(30)36)32(21)24(33)19-12-14-20(15-13-19)28(2,3)4/h7-15,21-23H,6,16-17H2,1-5H3/t21-,22+,23-,29-/m1/s1. The number of piperazine rings is 1. The van der Waals surface area contributed by atoms with Crippen LogP contribution in [0.3, 0.4) is 0 Å². The predicted molar refractivity (Wildman–Crippen MR) is 135 cm³/mol. The quantitative estimate of drug-likeness (QED) is 0.621. The van der Waals surface area contributed by atoms with Crippen molar-refractivity contribution >= 4 is 23.6 Å². The smallest absolute Gasteiger partial charge is 0.255 e. The van der Waals surface area contributed by atoms with E-state index in [1.54, 1.807) is 28.9 Å². The van der Waals surface area contributed by atoms with Crippen LogP contribution < -0.4 is 0 Å². The molecule has 3 heterocycles. The molecule has 0 aliphatic carbocycles. The summed E-state index contributed by atoms with van der Waals surface area (Å²) in [4.78, 5) is 59.6. The van der Waals surface area contributed by atoms with E-state index in [9.17, 15) is 19.2 Å². The van der Waals surface area contributed by atoms with Crippen molar-refractivity contribution in [3.63, 3.8) is 0 Å². The zero-order valence-corrected chi connectivity index (χ0v) is 21.5. The molecule has 0 spiro atoms. The Morgan fingerprint density at radius 3 is 2.19 bits per heavy atom. The van der Waals surface area contributed by atoms with E-state index in [4.69, 9.17) is 0 Å². The van der Waals surface area contributed by atoms with E-state index in [0.717, 1.165) is 11.1 Å². The number of rotatable bonds is 4. The molecule has 188 valence electrons. The zero-order valence-electron chi connectivity index (χ0n) is 21.5. The average Bonchev–Trinajstić information content (AvgIpc) is 3.23. The molecule has 2 bridgehead atoms. The number of benzene rings is 2. The van der Waals surface area contributed by atoms with Gasteiger partial charge >= 0.3 is 0 Å². The lowest BCUT2D eigenvalue weighted by molar-refractivity contribution is -0.155. The highest BCUT2D eigenvalue weighted by atomic mass is 16.2. The average molecular weight is 488 g/mol. The van der Waals surface area contributed by atoms with Crippen molar-refractivity contribution in [1.29, 1.82) is 0 Å². The molecular weight excluding hydrogens is 454 g/mol. The van der Waals surface area contributed by atoms with E-state index >= 15 is 0 Å². The first-order valence-electron chi connectivity index (χ1n) is 12.6. The highest BCUT2D eigenvalue weighted by Crippen LogP contribution is 2.52. The van der Waals surface area contributed by atoms with Crippen molar-refractivity contribution in [3.8, 4) is 0 Å². The number of amides is 4. The molecule has 0 radical (unpaired) electrons. The Labute approximate surface area is 212 Å². The van der Waals surface area contributed by atoms with Crippen LogP contribution in [-0.2, 0) is 26.3 Å². The Balaban J connectivity index is 1.53. The number of hydrogen-bond donors (Lipinski definition) is 0. The second kappa shape index (κ2) is 8.29. The molecule has 0 saturated carbocycles. The minimum atomic E-state index is -1.42. The Morgan fingerprint density at radius 1 is 0.972 bits per heavy atom. The number of likely N-dealkylation sites (N-methyl/N-ethyl adjacent to an activating group) is 1. The zero-order chi connectivity index (χ0) is 26.0. The molecule has 3 aliphatic rings. The van der Waals surface area contributed by atoms with Crippen molar-refractivity contribution in [2.24, 2.45) is 11.8 Å². The van der Waals surface area contributed by atoms with Gasteiger partial charge in [-0.2, -0.15) is 0 Å². The van der Waals surface area contributed by atoms with E-state index in [0.29, 0.717) is 12.1 Å². The van der Waals surface area contributed by atoms with Crippen LogP contribution in [0, 0.1) is 11.8 Å². The van der Waals surface area contributed by atoms with Crippen LogP contribution >= 0.6 is 0 Å². The molecule has 4 atom stereocenters. The Kier molecular flexibility index (Phi) is 5.58. The minimum Gasteiger partial charge on any atom is -0.339 e. The van der Waals surface area contributed by atoms with Crippen molar-refractivity contribution in [2.75, 3.05) is 13.1 Å². The summed E-state index contributed by atoms with van der Waals surface area (Å²) in [6.45, 7) is 10.7. The van der Waals surface area contributed by atoms with Crippen molar-refractivity contribution < 1.29 is 19.2 Å². The van der Waals surface area contributed by atoms with Gasteiger partial charge in [0.25, 0.3) is 5.91 Å². The summed E-state index contributed by atoms with van der Waals surface area (Å²) >= 11 is 0. The van der Waals surface area contributed by atoms with Gasteiger partial charge in [0.05, 0.1) is 24.4 Å². The number of hydrogen-bond acceptors (Lipinski definition) is 4. The minimum absolute atomic E-state index is 0.0621. The Hall–Kier alpha value is -3.48. The van der Waals surface area contributed by atoms with Gasteiger partial charge in [-0.25, -0.2) is 0 Å². The van der Waals surface area contributed by atoms with Gasteiger partial charge in [0, 0.05) is 18.7 Å². The van der Waals surface area contributed by atoms with Crippen LogP contribution in [0.1, 0.15) is 56.1 Å². The number of likely N-dealkylation sites (tertiary alicyclic amines) is 2. The molecule has 3 aliphatic heterocycles. The van der Waals surface area contributed by atoms with E-state index in [-0.39, 0.29) is 42.1 Å². The number of nitrogens with zero attached hydrogens (tertiary/aromatic N) is 3. The molecule has 0 N–H and O–H groups in total. The van der Waals surface area contributed by atoms with Crippen LogP contribution in [0.25, 0.3) is 0 Å². The van der Waals surface area contributed by atoms with E-state index in [1.807, 2.05) is 49.4 Å². The summed E-state index contributed by atoms with van der Waals surface area (Å²) in [7, 11) is 0. The van der Waals surface area contributed by atoms with E-state index < -0.39 is 23.4 Å². The normalized spacial score (nSPS) is 27.6. The molecule has 0 unspecified atom stereocenters. The van der Waals surface area contributed by atoms with Crippen LogP contribution in [0.15, 0.2) is 54.6 Å². The van der Waals surface area contributed by atoms with Crippen LogP contribution in [0.5, 0.6) is 0 Å². The van der Waals surface area contributed by atoms with Crippen molar-refractivity contribution in [3.05, 3.63) is 71.3 Å². The lowest BCUT2D eigenvalue weighted by Crippen LogP contribution is -2.68. The Bertz CT molecular complexity index is 1230. The van der Waals surface area contributed by atoms with Gasteiger partial charge in [0.2, 0.25) is 17.7 Å². The number of fused-ring (bicyclic) bond motifs is 5. The maximum absolute atomic E-state index is 13.9. The largest absolute Gasteiger partial charge is 0.339 e. The first kappa shape index (κ1) is 24.2. The third kappa shape index (κ3) is 3.39. The van der Waals surface area contributed by atoms with Gasteiger partial charge in [0.1, 0.15) is 5.54 Å². The fraction of sp³-hybridized carbons (Fsp3) is 0.448. The highest BCUT2D eigenvalue weighted by molar-refractivity contribution is 6.13. The van der Waals surface area contributed by atoms with Gasteiger partial charge in [-0.15, -0.1) is 0 Å². The molecule has 2 aromatic rings. The number of carbonyl (C=O) groups is 4. The maximum Gasteiger partial charge on any atom is 0.255 e. The third-order valence-electron chi connectivity index (χ3n) is 8.20. The lowest BCUT2D eigenvalue weighted by atomic mass is 9.81. The molecular formula is C29H33N3O4. The summed E-state index contributed by atoms with van der Waals surface area (Å²) in [6.07, 6.45) is 0. The molecule has 5 rings (SSSR count). The molecule has 0 aromatic heterocycles. The van der Waals surface area contributed by atoms with Gasteiger partial charge in [-0.3, -0.25) is 24.1 Å². The first-order chi connectivity index (χ1) is 17.0. The summed E-state index contributed by atoms with van der Waals surface area (Å²) < 4.78 is 0. The predicted octanol–water partition coefficient (Wildman–Crippen LogP) is 3.23. The van der Waals surface area contributed by atoms with Crippen LogP contribution in [0.2, 0.25) is 0 Å². The van der Waals surface area contributed by atoms with Crippen LogP contribution in [-0.4, -0.2) is 63.0 Å². The van der Waals surface area contributed by atoms with Crippen LogP contribution in [0.4, 0.5) is 0 Å². The summed E-state index contributed by atoms with van der Waals surface area (Å²) in [5, 5.41) is 0. The Morgan fingerprint density at radius 2 is 1.61 bits per heavy atom. The molecule has 3 saturated heterocycles. The summed E-state index contributed by atoms with van der Waals surface area (Å²) in [5.74, 6) is -2.86. The van der Waals surface area contributed by atoms with Gasteiger partial charge in [-0.1, -0.05) is 63.2 Å². The lowest BCUT2D eigenvalue weighted by Gasteiger charge is -2.47. The second-order valence-electron chi connectivity index (χ2n) is 11.3. The van der Waals surface area contributed by atoms with Gasteiger partial charge in [0.15, 0.2) is 0 Å². The highest BCUT2D eigenvalue weighted by Gasteiger charge is 2.73. The number of carbonyl (C=O) groups excluding carboxylic acids is 4.